The van der Waals surface area contributed by atoms with Crippen molar-refractivity contribution in [1.29, 1.82) is 0 Å². The number of piperidine rings is 1. The number of anilines is 2. The number of likely N-dealkylation sites (tertiary alicyclic amines) is 1. The Hall–Kier alpha value is -3.97. The lowest BCUT2D eigenvalue weighted by Crippen LogP contribution is -2.49. The zero-order valence-corrected chi connectivity index (χ0v) is 25.5. The first-order valence-corrected chi connectivity index (χ1v) is 16.3. The van der Waals surface area contributed by atoms with E-state index in [1.54, 1.807) is 35.2 Å². The third kappa shape index (κ3) is 10.3. The minimum Gasteiger partial charge on any atom is -0.457 e. The van der Waals surface area contributed by atoms with Crippen molar-refractivity contribution in [2.45, 2.75) is 51.6 Å². The molecule has 1 aliphatic rings. The van der Waals surface area contributed by atoms with Crippen LogP contribution in [0.15, 0.2) is 72.8 Å². The fourth-order valence-corrected chi connectivity index (χ4v) is 5.56. The van der Waals surface area contributed by atoms with Gasteiger partial charge in [-0.05, 0) is 73.4 Å². The summed E-state index contributed by atoms with van der Waals surface area (Å²) in [6, 6.07) is 19.4. The van der Waals surface area contributed by atoms with E-state index in [1.165, 1.54) is 18.2 Å². The Kier molecular flexibility index (Phi) is 11.0. The van der Waals surface area contributed by atoms with Gasteiger partial charge in [0.2, 0.25) is 10.0 Å². The molecule has 0 aliphatic carbocycles. The summed E-state index contributed by atoms with van der Waals surface area (Å²) in [5.74, 6) is 0.776. The van der Waals surface area contributed by atoms with E-state index in [2.05, 4.69) is 19.7 Å². The molecule has 0 spiro atoms. The number of carbonyl (C=O) groups is 1. The van der Waals surface area contributed by atoms with Crippen molar-refractivity contribution < 1.29 is 35.9 Å². The molecule has 3 aromatic carbocycles. The number of hydrogen-bond donors (Lipinski definition) is 2. The fraction of sp³-hybridized carbons (Fsp3) is 0.387. The molecule has 1 fully saturated rings. The second-order valence-corrected chi connectivity index (χ2v) is 12.4. The van der Waals surface area contributed by atoms with Gasteiger partial charge in [-0.2, -0.15) is 0 Å². The fourth-order valence-electron chi connectivity index (χ4n) is 5.00. The van der Waals surface area contributed by atoms with Crippen molar-refractivity contribution in [2.75, 3.05) is 35.9 Å². The van der Waals surface area contributed by atoms with Crippen LogP contribution in [0.4, 0.5) is 29.3 Å². The van der Waals surface area contributed by atoms with Gasteiger partial charge >= 0.3 is 12.4 Å². The summed E-state index contributed by atoms with van der Waals surface area (Å²) >= 11 is 0. The Morgan fingerprint density at radius 1 is 0.977 bits per heavy atom. The molecule has 238 valence electrons. The van der Waals surface area contributed by atoms with Crippen molar-refractivity contribution in [3.8, 4) is 17.2 Å². The Labute approximate surface area is 256 Å². The van der Waals surface area contributed by atoms with E-state index in [-0.39, 0.29) is 11.7 Å². The quantitative estimate of drug-likeness (QED) is 0.222. The van der Waals surface area contributed by atoms with Crippen LogP contribution in [-0.4, -0.2) is 62.5 Å². The van der Waals surface area contributed by atoms with Crippen LogP contribution >= 0.6 is 0 Å². The van der Waals surface area contributed by atoms with E-state index in [1.807, 2.05) is 31.2 Å². The minimum absolute atomic E-state index is 0.0258. The molecule has 0 unspecified atom stereocenters. The van der Waals surface area contributed by atoms with Gasteiger partial charge < -0.3 is 19.7 Å². The summed E-state index contributed by atoms with van der Waals surface area (Å²) < 4.78 is 73.7. The molecule has 1 saturated heterocycles. The number of halogens is 3. The molecule has 4 rings (SSSR count). The van der Waals surface area contributed by atoms with Crippen LogP contribution in [-0.2, 0) is 16.6 Å². The second-order valence-electron chi connectivity index (χ2n) is 10.7. The largest absolute Gasteiger partial charge is 0.573 e. The smallest absolute Gasteiger partial charge is 0.457 e. The first-order chi connectivity index (χ1) is 20.9. The van der Waals surface area contributed by atoms with Crippen LogP contribution < -0.4 is 19.5 Å². The SMILES string of the molecule is CCCCN(C(=O)Nc1ccccc1OC(F)(F)F)C1CCN(Cc2ccc(Oc3ccc(NS(C)(=O)=O)cc3)cc2)CC1. The number of benzene rings is 3. The van der Waals surface area contributed by atoms with E-state index in [0.717, 1.165) is 57.1 Å². The van der Waals surface area contributed by atoms with Gasteiger partial charge in [-0.3, -0.25) is 9.62 Å². The van der Waals surface area contributed by atoms with Gasteiger partial charge in [0.1, 0.15) is 11.5 Å². The maximum absolute atomic E-state index is 13.3. The number of hydrogen-bond acceptors (Lipinski definition) is 6. The normalized spacial score (nSPS) is 14.6. The molecule has 0 atom stereocenters. The number of nitrogens with zero attached hydrogens (tertiary/aromatic N) is 2. The summed E-state index contributed by atoms with van der Waals surface area (Å²) in [5.41, 5.74) is 1.53. The molecular weight excluding hydrogens is 597 g/mol. The maximum atomic E-state index is 13.3. The molecule has 0 radical (unpaired) electrons. The lowest BCUT2D eigenvalue weighted by molar-refractivity contribution is -0.274. The minimum atomic E-state index is -4.86. The standard InChI is InChI=1S/C31H37F3N4O5S/c1-3-4-19-38(30(39)35-28-7-5-6-8-29(28)43-31(32,33)34)25-17-20-37(21-18-25)22-23-9-13-26(14-10-23)42-27-15-11-24(12-16-27)36-44(2,40)41/h5-16,25,36H,3-4,17-22H2,1-2H3,(H,35,39). The van der Waals surface area contributed by atoms with Crippen LogP contribution in [0.1, 0.15) is 38.2 Å². The number of alkyl halides is 3. The van der Waals surface area contributed by atoms with Crippen molar-refractivity contribution in [3.05, 3.63) is 78.4 Å². The molecule has 1 aliphatic heterocycles. The summed E-state index contributed by atoms with van der Waals surface area (Å²) in [4.78, 5) is 17.3. The third-order valence-corrected chi connectivity index (χ3v) is 7.69. The highest BCUT2D eigenvalue weighted by Crippen LogP contribution is 2.31. The molecule has 2 amide bonds. The highest BCUT2D eigenvalue weighted by atomic mass is 32.2. The van der Waals surface area contributed by atoms with Gasteiger partial charge in [-0.15, -0.1) is 13.2 Å². The molecule has 1 heterocycles. The van der Waals surface area contributed by atoms with E-state index >= 15 is 0 Å². The van der Waals surface area contributed by atoms with E-state index in [9.17, 15) is 26.4 Å². The highest BCUT2D eigenvalue weighted by Gasteiger charge is 2.33. The topological polar surface area (TPSA) is 100 Å². The first kappa shape index (κ1) is 32.9. The predicted octanol–water partition coefficient (Wildman–Crippen LogP) is 7.05. The Morgan fingerprint density at radius 2 is 1.59 bits per heavy atom. The van der Waals surface area contributed by atoms with Crippen LogP contribution in [0.25, 0.3) is 0 Å². The van der Waals surface area contributed by atoms with Gasteiger partial charge in [0.25, 0.3) is 0 Å². The molecule has 13 heteroatoms. The van der Waals surface area contributed by atoms with Gasteiger partial charge in [0, 0.05) is 37.9 Å². The van der Waals surface area contributed by atoms with Crippen molar-refractivity contribution in [3.63, 3.8) is 0 Å². The molecule has 0 aromatic heterocycles. The van der Waals surface area contributed by atoms with E-state index < -0.39 is 28.2 Å². The number of amides is 2. The maximum Gasteiger partial charge on any atom is 0.573 e. The molecular formula is C31H37F3N4O5S. The molecule has 0 saturated carbocycles. The predicted molar refractivity (Wildman–Crippen MR) is 163 cm³/mol. The van der Waals surface area contributed by atoms with E-state index in [4.69, 9.17) is 4.74 Å². The number of carbonyl (C=O) groups excluding carboxylic acids is 1. The zero-order chi connectivity index (χ0) is 31.7. The average molecular weight is 635 g/mol. The third-order valence-electron chi connectivity index (χ3n) is 7.09. The van der Waals surface area contributed by atoms with Crippen LogP contribution in [0.3, 0.4) is 0 Å². The molecule has 3 aromatic rings. The van der Waals surface area contributed by atoms with Gasteiger partial charge in [-0.25, -0.2) is 13.2 Å². The van der Waals surface area contributed by atoms with Crippen LogP contribution in [0, 0.1) is 0 Å². The van der Waals surface area contributed by atoms with Crippen LogP contribution in [0.2, 0.25) is 0 Å². The van der Waals surface area contributed by atoms with E-state index in [0.29, 0.717) is 23.7 Å². The second kappa shape index (κ2) is 14.7. The highest BCUT2D eigenvalue weighted by molar-refractivity contribution is 7.92. The number of sulfonamides is 1. The van der Waals surface area contributed by atoms with Gasteiger partial charge in [0.05, 0.1) is 11.9 Å². The Bertz CT molecular complexity index is 1480. The van der Waals surface area contributed by atoms with Crippen molar-refractivity contribution in [2.24, 2.45) is 0 Å². The van der Waals surface area contributed by atoms with Crippen LogP contribution in [0.5, 0.6) is 17.2 Å². The molecule has 44 heavy (non-hydrogen) atoms. The molecule has 0 bridgehead atoms. The molecule has 9 nitrogen and oxygen atoms in total. The Morgan fingerprint density at radius 3 is 2.18 bits per heavy atom. The summed E-state index contributed by atoms with van der Waals surface area (Å²) in [6.07, 6.45) is -0.637. The van der Waals surface area contributed by atoms with Gasteiger partial charge in [0.15, 0.2) is 5.75 Å². The summed E-state index contributed by atoms with van der Waals surface area (Å²) in [7, 11) is -3.35. The zero-order valence-electron chi connectivity index (χ0n) is 24.6. The Balaban J connectivity index is 1.30. The van der Waals surface area contributed by atoms with Crippen molar-refractivity contribution in [1.82, 2.24) is 9.80 Å². The monoisotopic (exact) mass is 634 g/mol. The summed E-state index contributed by atoms with van der Waals surface area (Å²) in [5, 5.41) is 2.63. The number of nitrogens with one attached hydrogen (secondary N) is 2. The lowest BCUT2D eigenvalue weighted by atomic mass is 10.0. The number of rotatable bonds is 12. The number of para-hydroxylation sites is 2. The van der Waals surface area contributed by atoms with Gasteiger partial charge in [-0.1, -0.05) is 37.6 Å². The number of urea groups is 1. The number of ether oxygens (including phenoxy) is 2. The summed E-state index contributed by atoms with van der Waals surface area (Å²) in [6.45, 7) is 4.79. The lowest BCUT2D eigenvalue weighted by Gasteiger charge is -2.38. The number of unbranched alkanes of at least 4 members (excludes halogenated alkanes) is 1. The van der Waals surface area contributed by atoms with Crippen molar-refractivity contribution >= 4 is 27.4 Å². The molecule has 2 N–H and O–H groups in total. The average Bonchev–Trinajstić information content (AvgIpc) is 2.96. The first-order valence-electron chi connectivity index (χ1n) is 14.4.